The monoisotopic (exact) mass is 195 g/mol. The van der Waals surface area contributed by atoms with Gasteiger partial charge < -0.3 is 0 Å². The van der Waals surface area contributed by atoms with E-state index in [9.17, 15) is 0 Å². The summed E-state index contributed by atoms with van der Waals surface area (Å²) in [7, 11) is 0. The number of thioether (sulfide) groups is 2. The predicted octanol–water partition coefficient (Wildman–Crippen LogP) is 3.00. The number of rotatable bonds is 2. The van der Waals surface area contributed by atoms with Crippen LogP contribution < -0.4 is 0 Å². The van der Waals surface area contributed by atoms with Gasteiger partial charge in [0.05, 0.1) is 5.56 Å². The van der Waals surface area contributed by atoms with Crippen LogP contribution in [0.4, 0.5) is 0 Å². The summed E-state index contributed by atoms with van der Waals surface area (Å²) < 4.78 is 0. The van der Waals surface area contributed by atoms with Crippen molar-refractivity contribution < 1.29 is 0 Å². The molecule has 0 aliphatic heterocycles. The molecule has 0 radical (unpaired) electrons. The van der Waals surface area contributed by atoms with Gasteiger partial charge in [-0.25, -0.2) is 0 Å². The fraction of sp³-hybridized carbons (Fsp3) is 0.222. The Kier molecular flexibility index (Phi) is 3.51. The van der Waals surface area contributed by atoms with E-state index in [0.29, 0.717) is 0 Å². The van der Waals surface area contributed by atoms with Gasteiger partial charge in [-0.15, -0.1) is 23.5 Å². The van der Waals surface area contributed by atoms with Gasteiger partial charge in [0.25, 0.3) is 0 Å². The van der Waals surface area contributed by atoms with Crippen molar-refractivity contribution in [3.05, 3.63) is 23.8 Å². The summed E-state index contributed by atoms with van der Waals surface area (Å²) in [5.74, 6) is 0. The van der Waals surface area contributed by atoms with Crippen LogP contribution in [0, 0.1) is 11.3 Å². The second-order valence-electron chi connectivity index (χ2n) is 2.15. The summed E-state index contributed by atoms with van der Waals surface area (Å²) in [5, 5.41) is 8.88. The predicted molar refractivity (Wildman–Crippen MR) is 54.7 cm³/mol. The van der Waals surface area contributed by atoms with Crippen molar-refractivity contribution in [1.82, 2.24) is 0 Å². The van der Waals surface area contributed by atoms with Crippen LogP contribution in [0.3, 0.4) is 0 Å². The molecule has 0 fully saturated rings. The Balaban J connectivity index is 3.25. The maximum atomic E-state index is 8.88. The minimum atomic E-state index is 0.803. The molecule has 0 heterocycles. The smallest absolute Gasteiger partial charge is 0.101 e. The van der Waals surface area contributed by atoms with E-state index >= 15 is 0 Å². The average molecular weight is 195 g/mol. The van der Waals surface area contributed by atoms with Crippen LogP contribution in [0.1, 0.15) is 5.56 Å². The number of nitrogens with zero attached hydrogens (tertiary/aromatic N) is 1. The summed E-state index contributed by atoms with van der Waals surface area (Å²) in [6, 6.07) is 8.16. The van der Waals surface area contributed by atoms with Crippen LogP contribution in [-0.4, -0.2) is 12.5 Å². The third kappa shape index (κ3) is 1.77. The van der Waals surface area contributed by atoms with Crippen LogP contribution in [0.5, 0.6) is 0 Å². The molecule has 0 amide bonds. The average Bonchev–Trinajstić information content (AvgIpc) is 2.16. The molecule has 1 nitrogen and oxygen atoms in total. The molecule has 1 rings (SSSR count). The van der Waals surface area contributed by atoms with Gasteiger partial charge in [0.2, 0.25) is 0 Å². The van der Waals surface area contributed by atoms with E-state index in [1.165, 1.54) is 0 Å². The van der Waals surface area contributed by atoms with Crippen LogP contribution in [-0.2, 0) is 0 Å². The summed E-state index contributed by atoms with van der Waals surface area (Å²) in [5.41, 5.74) is 0.803. The second kappa shape index (κ2) is 4.44. The Hall–Kier alpha value is -0.590. The second-order valence-corrected chi connectivity index (χ2v) is 3.85. The maximum absolute atomic E-state index is 8.88. The largest absolute Gasteiger partial charge is 0.192 e. The highest BCUT2D eigenvalue weighted by Crippen LogP contribution is 2.27. The molecular weight excluding hydrogens is 186 g/mol. The van der Waals surface area contributed by atoms with Crippen molar-refractivity contribution in [3.8, 4) is 6.07 Å². The third-order valence-corrected chi connectivity index (χ3v) is 3.10. The Labute approximate surface area is 81.2 Å². The Morgan fingerprint density at radius 3 is 2.00 bits per heavy atom. The molecule has 0 unspecified atom stereocenters. The van der Waals surface area contributed by atoms with Gasteiger partial charge in [-0.3, -0.25) is 0 Å². The van der Waals surface area contributed by atoms with E-state index in [-0.39, 0.29) is 0 Å². The van der Waals surface area contributed by atoms with Crippen molar-refractivity contribution in [1.29, 1.82) is 5.26 Å². The summed E-state index contributed by atoms with van der Waals surface area (Å²) in [6.45, 7) is 0. The molecule has 0 saturated heterocycles. The Morgan fingerprint density at radius 1 is 1.17 bits per heavy atom. The van der Waals surface area contributed by atoms with Gasteiger partial charge >= 0.3 is 0 Å². The zero-order valence-corrected chi connectivity index (χ0v) is 8.63. The van der Waals surface area contributed by atoms with Gasteiger partial charge in [0, 0.05) is 9.79 Å². The lowest BCUT2D eigenvalue weighted by Crippen LogP contribution is -1.83. The molecule has 3 heteroatoms. The number of hydrogen-bond donors (Lipinski definition) is 0. The van der Waals surface area contributed by atoms with Gasteiger partial charge in [-0.1, -0.05) is 6.07 Å². The number of hydrogen-bond acceptors (Lipinski definition) is 3. The summed E-state index contributed by atoms with van der Waals surface area (Å²) in [4.78, 5) is 2.12. The highest BCUT2D eigenvalue weighted by molar-refractivity contribution is 7.99. The first-order valence-electron chi connectivity index (χ1n) is 3.44. The highest BCUT2D eigenvalue weighted by atomic mass is 32.2. The summed E-state index contributed by atoms with van der Waals surface area (Å²) in [6.07, 6.45) is 3.97. The standard InChI is InChI=1S/C9H9NS2/c1-11-8-4-3-5-9(12-2)7(8)6-10/h3-5H,1-2H3. The fourth-order valence-electron chi connectivity index (χ4n) is 0.961. The molecule has 12 heavy (non-hydrogen) atoms. The first-order valence-corrected chi connectivity index (χ1v) is 5.89. The molecule has 0 aliphatic rings. The van der Waals surface area contributed by atoms with Crippen molar-refractivity contribution in [2.75, 3.05) is 12.5 Å². The maximum Gasteiger partial charge on any atom is 0.101 e. The van der Waals surface area contributed by atoms with Crippen molar-refractivity contribution in [3.63, 3.8) is 0 Å². The lowest BCUT2D eigenvalue weighted by Gasteiger charge is -2.03. The van der Waals surface area contributed by atoms with Crippen LogP contribution in [0.15, 0.2) is 28.0 Å². The molecule has 1 aromatic rings. The normalized spacial score (nSPS) is 9.42. The Bertz CT molecular complexity index is 293. The van der Waals surface area contributed by atoms with E-state index in [0.717, 1.165) is 15.4 Å². The molecule has 0 atom stereocenters. The van der Waals surface area contributed by atoms with Crippen molar-refractivity contribution in [2.24, 2.45) is 0 Å². The first-order chi connectivity index (χ1) is 5.83. The van der Waals surface area contributed by atoms with Crippen LogP contribution >= 0.6 is 23.5 Å². The molecule has 0 aromatic heterocycles. The third-order valence-electron chi connectivity index (χ3n) is 1.54. The van der Waals surface area contributed by atoms with Crippen LogP contribution in [0.25, 0.3) is 0 Å². The molecule has 1 aromatic carbocycles. The topological polar surface area (TPSA) is 23.8 Å². The van der Waals surface area contributed by atoms with Gasteiger partial charge in [0.15, 0.2) is 0 Å². The SMILES string of the molecule is CSc1cccc(SC)c1C#N. The van der Waals surface area contributed by atoms with E-state index in [2.05, 4.69) is 6.07 Å². The number of benzene rings is 1. The minimum absolute atomic E-state index is 0.803. The fourth-order valence-corrected chi connectivity index (χ4v) is 2.17. The molecule has 62 valence electrons. The lowest BCUT2D eigenvalue weighted by molar-refractivity contribution is 1.26. The summed E-state index contributed by atoms with van der Waals surface area (Å²) >= 11 is 3.23. The van der Waals surface area contributed by atoms with E-state index in [1.807, 2.05) is 30.7 Å². The van der Waals surface area contributed by atoms with E-state index < -0.39 is 0 Å². The van der Waals surface area contributed by atoms with E-state index in [1.54, 1.807) is 23.5 Å². The highest BCUT2D eigenvalue weighted by Gasteiger charge is 2.04. The Morgan fingerprint density at radius 2 is 1.67 bits per heavy atom. The van der Waals surface area contributed by atoms with Gasteiger partial charge in [0.1, 0.15) is 6.07 Å². The van der Waals surface area contributed by atoms with Crippen molar-refractivity contribution in [2.45, 2.75) is 9.79 Å². The minimum Gasteiger partial charge on any atom is -0.192 e. The molecular formula is C9H9NS2. The molecule has 0 saturated carbocycles. The lowest BCUT2D eigenvalue weighted by atomic mass is 10.2. The zero-order chi connectivity index (χ0) is 8.97. The molecule has 0 aliphatic carbocycles. The number of nitriles is 1. The molecule has 0 N–H and O–H groups in total. The van der Waals surface area contributed by atoms with Crippen molar-refractivity contribution >= 4 is 23.5 Å². The molecule has 0 spiro atoms. The molecule has 0 bridgehead atoms. The first kappa shape index (κ1) is 9.50. The zero-order valence-electron chi connectivity index (χ0n) is 7.00. The quantitative estimate of drug-likeness (QED) is 0.678. The van der Waals surface area contributed by atoms with Crippen LogP contribution in [0.2, 0.25) is 0 Å². The van der Waals surface area contributed by atoms with Gasteiger partial charge in [-0.05, 0) is 24.6 Å². The van der Waals surface area contributed by atoms with Gasteiger partial charge in [-0.2, -0.15) is 5.26 Å². The van der Waals surface area contributed by atoms with E-state index in [4.69, 9.17) is 5.26 Å².